The maximum absolute atomic E-state index is 10.9. The average molecular weight is 252 g/mol. The average Bonchev–Trinajstić information content (AvgIpc) is 2.35. The number of nitro benzene ring substituents is 1. The van der Waals surface area contributed by atoms with Crippen LogP contribution in [0.5, 0.6) is 0 Å². The van der Waals surface area contributed by atoms with E-state index in [-0.39, 0.29) is 18.1 Å². The normalized spacial score (nSPS) is 10.1. The molecule has 6 nitrogen and oxygen atoms in total. The van der Waals surface area contributed by atoms with Gasteiger partial charge in [-0.25, -0.2) is 0 Å². The molecule has 0 spiro atoms. The first-order valence-corrected chi connectivity index (χ1v) is 5.56. The number of hydrogen-bond donors (Lipinski definition) is 1. The van der Waals surface area contributed by atoms with Gasteiger partial charge in [-0.05, 0) is 12.5 Å². The summed E-state index contributed by atoms with van der Waals surface area (Å²) in [5.74, 6) is -0.279. The van der Waals surface area contributed by atoms with E-state index in [4.69, 9.17) is 0 Å². The number of nitrogens with zero attached hydrogens (tertiary/aromatic N) is 1. The first-order chi connectivity index (χ1) is 8.56. The van der Waals surface area contributed by atoms with Crippen LogP contribution in [0.3, 0.4) is 0 Å². The molecule has 1 aromatic carbocycles. The molecule has 1 rings (SSSR count). The van der Waals surface area contributed by atoms with E-state index in [0.717, 1.165) is 5.56 Å². The Labute approximate surface area is 105 Å². The molecule has 0 fully saturated rings. The fraction of sp³-hybridized carbons (Fsp3) is 0.417. The van der Waals surface area contributed by atoms with Gasteiger partial charge in [0.05, 0.1) is 18.5 Å². The lowest BCUT2D eigenvalue weighted by molar-refractivity contribution is -0.385. The van der Waals surface area contributed by atoms with Gasteiger partial charge in [0.1, 0.15) is 0 Å². The maximum Gasteiger partial charge on any atom is 0.306 e. The second-order valence-corrected chi connectivity index (χ2v) is 3.82. The number of benzene rings is 1. The van der Waals surface area contributed by atoms with Crippen molar-refractivity contribution in [3.63, 3.8) is 0 Å². The summed E-state index contributed by atoms with van der Waals surface area (Å²) in [6, 6.07) is 4.96. The van der Waals surface area contributed by atoms with Crippen molar-refractivity contribution in [3.05, 3.63) is 39.4 Å². The molecule has 98 valence electrons. The molecule has 0 saturated carbocycles. The van der Waals surface area contributed by atoms with Crippen LogP contribution in [-0.2, 0) is 16.1 Å². The van der Waals surface area contributed by atoms with Crippen molar-refractivity contribution in [2.75, 3.05) is 13.7 Å². The second kappa shape index (κ2) is 6.70. The van der Waals surface area contributed by atoms with Crippen LogP contribution in [0.25, 0.3) is 0 Å². The zero-order valence-electron chi connectivity index (χ0n) is 10.4. The number of nitro groups is 1. The highest BCUT2D eigenvalue weighted by molar-refractivity contribution is 5.69. The Morgan fingerprint density at radius 1 is 1.50 bits per heavy atom. The molecule has 1 N–H and O–H groups in total. The van der Waals surface area contributed by atoms with Gasteiger partial charge < -0.3 is 10.1 Å². The molecule has 0 atom stereocenters. The molecule has 0 aliphatic rings. The van der Waals surface area contributed by atoms with Crippen molar-refractivity contribution in [2.45, 2.75) is 19.9 Å². The fourth-order valence-corrected chi connectivity index (χ4v) is 1.57. The lowest BCUT2D eigenvalue weighted by atomic mass is 10.1. The topological polar surface area (TPSA) is 81.5 Å². The molecule has 0 heterocycles. The van der Waals surface area contributed by atoms with Crippen LogP contribution >= 0.6 is 0 Å². The van der Waals surface area contributed by atoms with Crippen LogP contribution in [0.15, 0.2) is 18.2 Å². The van der Waals surface area contributed by atoms with E-state index in [1.165, 1.54) is 13.2 Å². The van der Waals surface area contributed by atoms with E-state index >= 15 is 0 Å². The summed E-state index contributed by atoms with van der Waals surface area (Å²) in [5.41, 5.74) is 1.62. The highest BCUT2D eigenvalue weighted by Gasteiger charge is 2.12. The van der Waals surface area contributed by atoms with Crippen molar-refractivity contribution in [1.82, 2.24) is 5.32 Å². The SMILES string of the molecule is COC(=O)CCNCc1cccc([N+](=O)[O-])c1C. The van der Waals surface area contributed by atoms with Crippen molar-refractivity contribution >= 4 is 11.7 Å². The third-order valence-corrected chi connectivity index (χ3v) is 2.66. The van der Waals surface area contributed by atoms with Gasteiger partial charge in [0.25, 0.3) is 5.69 Å². The molecule has 0 unspecified atom stereocenters. The van der Waals surface area contributed by atoms with E-state index in [2.05, 4.69) is 10.1 Å². The molecular weight excluding hydrogens is 236 g/mol. The predicted octanol–water partition coefficient (Wildman–Crippen LogP) is 1.56. The summed E-state index contributed by atoms with van der Waals surface area (Å²) in [4.78, 5) is 21.2. The maximum atomic E-state index is 10.9. The molecule has 0 saturated heterocycles. The monoisotopic (exact) mass is 252 g/mol. The number of methoxy groups -OCH3 is 1. The van der Waals surface area contributed by atoms with Gasteiger partial charge in [-0.3, -0.25) is 14.9 Å². The van der Waals surface area contributed by atoms with Gasteiger partial charge in [0.2, 0.25) is 0 Å². The lowest BCUT2D eigenvalue weighted by Gasteiger charge is -2.07. The third kappa shape index (κ3) is 3.81. The van der Waals surface area contributed by atoms with Crippen molar-refractivity contribution < 1.29 is 14.5 Å². The number of nitrogens with one attached hydrogen (secondary N) is 1. The van der Waals surface area contributed by atoms with Gasteiger partial charge in [-0.15, -0.1) is 0 Å². The summed E-state index contributed by atoms with van der Waals surface area (Å²) >= 11 is 0. The third-order valence-electron chi connectivity index (χ3n) is 2.66. The van der Waals surface area contributed by atoms with Crippen molar-refractivity contribution in [1.29, 1.82) is 0 Å². The van der Waals surface area contributed by atoms with Gasteiger partial charge in [0, 0.05) is 24.7 Å². The molecule has 0 bridgehead atoms. The van der Waals surface area contributed by atoms with Crippen LogP contribution in [0.1, 0.15) is 17.5 Å². The number of esters is 1. The van der Waals surface area contributed by atoms with Crippen molar-refractivity contribution in [3.8, 4) is 0 Å². The number of carbonyl (C=O) groups is 1. The Morgan fingerprint density at radius 3 is 2.83 bits per heavy atom. The second-order valence-electron chi connectivity index (χ2n) is 3.82. The van der Waals surface area contributed by atoms with Crippen molar-refractivity contribution in [2.24, 2.45) is 0 Å². The molecule has 0 radical (unpaired) electrons. The number of ether oxygens (including phenoxy) is 1. The summed E-state index contributed by atoms with van der Waals surface area (Å²) < 4.78 is 4.51. The van der Waals surface area contributed by atoms with Crippen LogP contribution in [0.2, 0.25) is 0 Å². The van der Waals surface area contributed by atoms with Crippen LogP contribution in [-0.4, -0.2) is 24.5 Å². The summed E-state index contributed by atoms with van der Waals surface area (Å²) in [7, 11) is 1.34. The first-order valence-electron chi connectivity index (χ1n) is 5.56. The minimum absolute atomic E-state index is 0.113. The quantitative estimate of drug-likeness (QED) is 0.359. The van der Waals surface area contributed by atoms with E-state index < -0.39 is 4.92 Å². The number of rotatable bonds is 6. The predicted molar refractivity (Wildman–Crippen MR) is 66.2 cm³/mol. The number of hydrogen-bond acceptors (Lipinski definition) is 5. The summed E-state index contributed by atoms with van der Waals surface area (Å²) in [5, 5.41) is 13.8. The minimum atomic E-state index is -0.396. The molecule has 0 aliphatic carbocycles. The minimum Gasteiger partial charge on any atom is -0.469 e. The molecule has 1 aromatic rings. The standard InChI is InChI=1S/C12H16N2O4/c1-9-10(4-3-5-11(9)14(16)17)8-13-7-6-12(15)18-2/h3-5,13H,6-8H2,1-2H3. The van der Waals surface area contributed by atoms with E-state index in [0.29, 0.717) is 18.7 Å². The zero-order valence-corrected chi connectivity index (χ0v) is 10.4. The fourth-order valence-electron chi connectivity index (χ4n) is 1.57. The smallest absolute Gasteiger partial charge is 0.306 e. The zero-order chi connectivity index (χ0) is 13.5. The Balaban J connectivity index is 2.55. The number of carbonyl (C=O) groups excluding carboxylic acids is 1. The lowest BCUT2D eigenvalue weighted by Crippen LogP contribution is -2.19. The first kappa shape index (κ1) is 14.1. The van der Waals surface area contributed by atoms with Crippen LogP contribution in [0.4, 0.5) is 5.69 Å². The Hall–Kier alpha value is -1.95. The molecule has 0 aromatic heterocycles. The van der Waals surface area contributed by atoms with Gasteiger partial charge >= 0.3 is 5.97 Å². The molecule has 6 heteroatoms. The highest BCUT2D eigenvalue weighted by Crippen LogP contribution is 2.20. The highest BCUT2D eigenvalue weighted by atomic mass is 16.6. The molecule has 0 aliphatic heterocycles. The van der Waals surface area contributed by atoms with E-state index in [9.17, 15) is 14.9 Å². The molecule has 0 amide bonds. The van der Waals surface area contributed by atoms with Crippen LogP contribution < -0.4 is 5.32 Å². The molecular formula is C12H16N2O4. The van der Waals surface area contributed by atoms with Crippen LogP contribution in [0, 0.1) is 17.0 Å². The Kier molecular flexibility index (Phi) is 5.26. The summed E-state index contributed by atoms with van der Waals surface area (Å²) in [6.45, 7) is 2.69. The van der Waals surface area contributed by atoms with Gasteiger partial charge in [-0.1, -0.05) is 12.1 Å². The Bertz CT molecular complexity index is 446. The summed E-state index contributed by atoms with van der Waals surface area (Å²) in [6.07, 6.45) is 0.282. The van der Waals surface area contributed by atoms with E-state index in [1.807, 2.05) is 6.07 Å². The Morgan fingerprint density at radius 2 is 2.22 bits per heavy atom. The van der Waals surface area contributed by atoms with E-state index in [1.54, 1.807) is 13.0 Å². The van der Waals surface area contributed by atoms with Gasteiger partial charge in [-0.2, -0.15) is 0 Å². The molecule has 18 heavy (non-hydrogen) atoms. The largest absolute Gasteiger partial charge is 0.469 e. The van der Waals surface area contributed by atoms with Gasteiger partial charge in [0.15, 0.2) is 0 Å².